The van der Waals surface area contributed by atoms with Crippen LogP contribution in [0.5, 0.6) is 0 Å². The minimum atomic E-state index is -4.54. The van der Waals surface area contributed by atoms with Crippen molar-refractivity contribution in [3.8, 4) is 34.5 Å². The van der Waals surface area contributed by atoms with E-state index in [0.29, 0.717) is 5.56 Å². The Labute approximate surface area is 275 Å². The molecule has 10 heteroatoms. The van der Waals surface area contributed by atoms with E-state index in [1.54, 1.807) is 12.1 Å². The third-order valence-corrected chi connectivity index (χ3v) is 12.1. The quantitative estimate of drug-likeness (QED) is 0.162. The molecule has 4 aromatic carbocycles. The van der Waals surface area contributed by atoms with E-state index in [1.165, 1.54) is 24.3 Å². The van der Waals surface area contributed by atoms with Crippen molar-refractivity contribution in [2.75, 3.05) is 0 Å². The van der Waals surface area contributed by atoms with E-state index in [9.17, 15) is 32.5 Å². The van der Waals surface area contributed by atoms with Gasteiger partial charge in [-0.3, -0.25) is 0 Å². The monoisotopic (exact) mass is 663 g/mol. The first-order chi connectivity index (χ1) is 23.1. The summed E-state index contributed by atoms with van der Waals surface area (Å²) in [6.45, 7) is 0. The molecule has 0 N–H and O–H groups in total. The second kappa shape index (κ2) is 11.5. The van der Waals surface area contributed by atoms with Gasteiger partial charge in [0.2, 0.25) is 0 Å². The molecule has 8 rings (SSSR count). The lowest BCUT2D eigenvalue weighted by molar-refractivity contribution is -0.122. The lowest BCUT2D eigenvalue weighted by atomic mass is 9.52. The highest BCUT2D eigenvalue weighted by Gasteiger charge is 2.49. The summed E-state index contributed by atoms with van der Waals surface area (Å²) in [5, 5.41) is 20.5. The number of aldehydes is 1. The number of nitriles is 2. The fourth-order valence-corrected chi connectivity index (χ4v) is 9.27. The number of rotatable bonds is 7. The van der Waals surface area contributed by atoms with E-state index in [4.69, 9.17) is 0 Å². The molecule has 0 spiro atoms. The first-order valence-corrected chi connectivity index (χ1v) is 17.0. The zero-order valence-corrected chi connectivity index (χ0v) is 26.4. The number of alkyl halides is 2. The molecule has 0 saturated heterocycles. The third-order valence-electron chi connectivity index (χ3n) is 10.4. The highest BCUT2D eigenvalue weighted by atomic mass is 32.2. The van der Waals surface area contributed by atoms with E-state index < -0.39 is 22.3 Å². The van der Waals surface area contributed by atoms with Gasteiger partial charge < -0.3 is 4.79 Å². The van der Waals surface area contributed by atoms with Gasteiger partial charge in [-0.25, -0.2) is 25.6 Å². The Bertz CT molecular complexity index is 2260. The smallest absolute Gasteiger partial charge is 0.268 e. The molecular weight excluding hydrogens is 635 g/mol. The molecule has 0 unspecified atom stereocenters. The molecule has 2 bridgehead atoms. The van der Waals surface area contributed by atoms with Crippen LogP contribution in [0.2, 0.25) is 0 Å². The number of hydrogen-bond acceptors (Lipinski definition) is 5. The molecule has 3 aliphatic carbocycles. The molecule has 240 valence electrons. The van der Waals surface area contributed by atoms with Gasteiger partial charge in [0.15, 0.2) is 0 Å². The Morgan fingerprint density at radius 3 is 2.00 bits per heavy atom. The van der Waals surface area contributed by atoms with Crippen molar-refractivity contribution < 1.29 is 26.4 Å². The van der Waals surface area contributed by atoms with Crippen molar-refractivity contribution >= 4 is 27.2 Å². The summed E-state index contributed by atoms with van der Waals surface area (Å²) in [6, 6.07) is 24.2. The first kappa shape index (κ1) is 31.4. The minimum Gasteiger partial charge on any atom is -0.303 e. The average Bonchev–Trinajstić information content (AvgIpc) is 3.46. The number of carbonyl (C=O) groups excluding carboxylic acids is 1. The summed E-state index contributed by atoms with van der Waals surface area (Å²) in [4.78, 5) is 11.7. The van der Waals surface area contributed by atoms with Crippen LogP contribution >= 0.6 is 0 Å². The second-order valence-corrected chi connectivity index (χ2v) is 14.6. The van der Waals surface area contributed by atoms with Crippen LogP contribution in [0.25, 0.3) is 33.3 Å². The second-order valence-electron chi connectivity index (χ2n) is 12.8. The average molecular weight is 664 g/mol. The summed E-state index contributed by atoms with van der Waals surface area (Å²) in [7, 11) is -4.54. The molecule has 1 aromatic heterocycles. The van der Waals surface area contributed by atoms with Crippen LogP contribution < -0.4 is 0 Å². The maximum Gasteiger partial charge on any atom is 0.268 e. The number of halogens is 3. The normalized spacial score (nSPS) is 20.5. The topological polar surface area (TPSA) is 104 Å². The van der Waals surface area contributed by atoms with Gasteiger partial charge in [0, 0.05) is 33.1 Å². The van der Waals surface area contributed by atoms with E-state index in [2.05, 4.69) is 12.1 Å². The number of fused-ring (bicyclic) bond motifs is 4. The fraction of sp³-hybridized carbons (Fsp3) is 0.237. The van der Waals surface area contributed by atoms with Crippen molar-refractivity contribution in [3.05, 3.63) is 113 Å². The summed E-state index contributed by atoms with van der Waals surface area (Å²) in [5.74, 6) is -0.658. The van der Waals surface area contributed by atoms with Crippen molar-refractivity contribution in [2.45, 2.75) is 55.3 Å². The zero-order valence-electron chi connectivity index (χ0n) is 25.6. The predicted octanol–water partition coefficient (Wildman–Crippen LogP) is 8.82. The molecule has 48 heavy (non-hydrogen) atoms. The van der Waals surface area contributed by atoms with Gasteiger partial charge in [-0.05, 0) is 98.0 Å². The Balaban J connectivity index is 1.57. The predicted molar refractivity (Wildman–Crippen MR) is 174 cm³/mol. The molecule has 0 radical (unpaired) electrons. The SMILES string of the molecule is N#Cc1cccc(C#N)c1-c1c(-c2cccc(C34CCC(C=O)(CC3)CC4)c2)n(S(=O)(=O)c2ccc(C(F)F)cc2)c2ccc(F)cc12. The molecule has 0 aliphatic heterocycles. The van der Waals surface area contributed by atoms with Crippen molar-refractivity contribution in [1.82, 2.24) is 3.97 Å². The Kier molecular flexibility index (Phi) is 7.53. The molecule has 1 heterocycles. The summed E-state index contributed by atoms with van der Waals surface area (Å²) >= 11 is 0. The molecule has 5 aromatic rings. The number of nitrogens with zero attached hydrogens (tertiary/aromatic N) is 3. The van der Waals surface area contributed by atoms with Gasteiger partial charge in [0.1, 0.15) is 12.1 Å². The van der Waals surface area contributed by atoms with Crippen LogP contribution in [0, 0.1) is 33.9 Å². The molecule has 6 nitrogen and oxygen atoms in total. The lowest BCUT2D eigenvalue weighted by Gasteiger charge is -2.51. The van der Waals surface area contributed by atoms with Crippen LogP contribution in [0.3, 0.4) is 0 Å². The van der Waals surface area contributed by atoms with Gasteiger partial charge in [-0.15, -0.1) is 0 Å². The van der Waals surface area contributed by atoms with Crippen LogP contribution in [0.4, 0.5) is 13.2 Å². The van der Waals surface area contributed by atoms with E-state index in [0.717, 1.165) is 84.7 Å². The van der Waals surface area contributed by atoms with Crippen LogP contribution in [0.15, 0.2) is 89.8 Å². The maximum absolute atomic E-state index is 15.1. The molecule has 3 saturated carbocycles. The Morgan fingerprint density at radius 1 is 0.792 bits per heavy atom. The molecule has 0 atom stereocenters. The van der Waals surface area contributed by atoms with Crippen molar-refractivity contribution in [3.63, 3.8) is 0 Å². The van der Waals surface area contributed by atoms with Gasteiger partial charge >= 0.3 is 0 Å². The maximum atomic E-state index is 15.1. The largest absolute Gasteiger partial charge is 0.303 e. The lowest BCUT2D eigenvalue weighted by Crippen LogP contribution is -2.44. The van der Waals surface area contributed by atoms with Crippen LogP contribution in [-0.2, 0) is 20.2 Å². The van der Waals surface area contributed by atoms with E-state index in [-0.39, 0.29) is 60.1 Å². The molecular formula is C38H28F3N3O3S. The van der Waals surface area contributed by atoms with Crippen LogP contribution in [-0.4, -0.2) is 18.7 Å². The summed E-state index contributed by atoms with van der Waals surface area (Å²) < 4.78 is 72.3. The number of hydrogen-bond donors (Lipinski definition) is 0. The van der Waals surface area contributed by atoms with Crippen molar-refractivity contribution in [2.24, 2.45) is 5.41 Å². The van der Waals surface area contributed by atoms with Gasteiger partial charge in [-0.2, -0.15) is 10.5 Å². The number of benzene rings is 4. The number of carbonyl (C=O) groups is 1. The van der Waals surface area contributed by atoms with Crippen LogP contribution in [0.1, 0.15) is 67.2 Å². The standard InChI is InChI=1S/C38H28F3N3O3S/c39-29-9-12-32-31(20-29)34(33-26(21-42)4-1-5-27(33)22-43)35(44(32)48(46,47)30-10-7-24(8-11-30)36(40)41)25-3-2-6-28(19-25)38-16-13-37(23-45,14-17-38)15-18-38/h1-12,19-20,23,36H,13-18H2. The third kappa shape index (κ3) is 4.82. The van der Waals surface area contributed by atoms with Gasteiger partial charge in [-0.1, -0.05) is 36.4 Å². The molecule has 3 fully saturated rings. The Hall–Kier alpha value is -5.19. The van der Waals surface area contributed by atoms with E-state index >= 15 is 4.39 Å². The Morgan fingerprint density at radius 2 is 1.42 bits per heavy atom. The summed E-state index contributed by atoms with van der Waals surface area (Å²) in [6.07, 6.45) is 2.95. The highest BCUT2D eigenvalue weighted by Crippen LogP contribution is 2.57. The van der Waals surface area contributed by atoms with Crippen molar-refractivity contribution in [1.29, 1.82) is 10.5 Å². The molecule has 0 amide bonds. The number of aromatic nitrogens is 1. The summed E-state index contributed by atoms with van der Waals surface area (Å²) in [5.41, 5.74) is 1.29. The first-order valence-electron chi connectivity index (χ1n) is 15.5. The minimum absolute atomic E-state index is 0.0886. The van der Waals surface area contributed by atoms with E-state index in [1.807, 2.05) is 18.2 Å². The highest BCUT2D eigenvalue weighted by molar-refractivity contribution is 7.90. The zero-order chi connectivity index (χ0) is 33.8. The fourth-order valence-electron chi connectivity index (χ4n) is 7.72. The van der Waals surface area contributed by atoms with Gasteiger partial charge in [0.05, 0.1) is 39.4 Å². The van der Waals surface area contributed by atoms with Gasteiger partial charge in [0.25, 0.3) is 16.4 Å². The molecule has 3 aliphatic rings.